The fourth-order valence-electron chi connectivity index (χ4n) is 4.46. The Labute approximate surface area is 201 Å². The number of rotatable bonds is 6. The molecule has 2 aromatic rings. The van der Waals surface area contributed by atoms with Gasteiger partial charge in [0.25, 0.3) is 0 Å². The summed E-state index contributed by atoms with van der Waals surface area (Å²) in [6, 6.07) is 8.41. The Kier molecular flexibility index (Phi) is 6.40. The number of methoxy groups -OCH3 is 1. The molecule has 2 aliphatic rings. The summed E-state index contributed by atoms with van der Waals surface area (Å²) < 4.78 is 74.2. The predicted octanol–water partition coefficient (Wildman–Crippen LogP) is 3.82. The second kappa shape index (κ2) is 8.91. The largest absolute Gasteiger partial charge is 0.417 e. The number of hydrogen-bond donors (Lipinski definition) is 1. The van der Waals surface area contributed by atoms with Crippen LogP contribution in [0.3, 0.4) is 0 Å². The summed E-state index contributed by atoms with van der Waals surface area (Å²) in [7, 11) is -3.14. The quantitative estimate of drug-likeness (QED) is 0.637. The van der Waals surface area contributed by atoms with Crippen LogP contribution in [0.2, 0.25) is 0 Å². The molecule has 2 aliphatic carbocycles. The molecule has 1 aromatic carbocycles. The zero-order valence-corrected chi connectivity index (χ0v) is 19.9. The first kappa shape index (κ1) is 25.1. The van der Waals surface area contributed by atoms with E-state index in [9.17, 15) is 31.6 Å². The zero-order valence-electron chi connectivity index (χ0n) is 19.1. The van der Waals surface area contributed by atoms with Gasteiger partial charge in [-0.25, -0.2) is 8.42 Å². The van der Waals surface area contributed by atoms with Gasteiger partial charge in [0, 0.05) is 24.6 Å². The maximum absolute atomic E-state index is 14.0. The fraction of sp³-hybridized carbons (Fsp3) is 0.458. The molecule has 3 atom stereocenters. The SMILES string of the molecule is CO[C@H]1C[C@@H](S(=O)(=O)c2ccc(-c3ccc(C)nc3)cc2C(F)(F)F)C[C@@H]1C(=O)NC1(C#N)CC1. The highest BCUT2D eigenvalue weighted by Crippen LogP contribution is 2.43. The number of carbonyl (C=O) groups is 1. The lowest BCUT2D eigenvalue weighted by atomic mass is 10.0. The first-order valence-electron chi connectivity index (χ1n) is 11.0. The van der Waals surface area contributed by atoms with E-state index in [2.05, 4.69) is 10.3 Å². The summed E-state index contributed by atoms with van der Waals surface area (Å²) in [6.45, 7) is 1.74. The average molecular weight is 508 g/mol. The Bertz CT molecular complexity index is 1280. The number of alkyl halides is 3. The summed E-state index contributed by atoms with van der Waals surface area (Å²) in [5.74, 6) is -1.41. The van der Waals surface area contributed by atoms with Crippen molar-refractivity contribution in [2.24, 2.45) is 5.92 Å². The number of ether oxygens (including phenoxy) is 1. The normalized spacial score (nSPS) is 23.5. The molecule has 2 saturated carbocycles. The van der Waals surface area contributed by atoms with Gasteiger partial charge < -0.3 is 10.1 Å². The molecule has 4 rings (SSSR count). The number of hydrogen-bond acceptors (Lipinski definition) is 6. The minimum atomic E-state index is -4.92. The van der Waals surface area contributed by atoms with Crippen molar-refractivity contribution in [1.82, 2.24) is 10.3 Å². The molecule has 186 valence electrons. The lowest BCUT2D eigenvalue weighted by Crippen LogP contribution is -2.42. The highest BCUT2D eigenvalue weighted by Gasteiger charge is 2.51. The van der Waals surface area contributed by atoms with E-state index in [1.807, 2.05) is 6.07 Å². The number of carbonyl (C=O) groups excluding carboxylic acids is 1. The number of pyridine rings is 1. The van der Waals surface area contributed by atoms with Gasteiger partial charge in [-0.15, -0.1) is 0 Å². The molecular formula is C24H24F3N3O4S. The Balaban J connectivity index is 1.66. The summed E-state index contributed by atoms with van der Waals surface area (Å²) in [5.41, 5.74) is -0.906. The van der Waals surface area contributed by atoms with Crippen LogP contribution in [-0.4, -0.2) is 43.3 Å². The Hall–Kier alpha value is -2.97. The Morgan fingerprint density at radius 2 is 1.89 bits per heavy atom. The topological polar surface area (TPSA) is 109 Å². The first-order valence-corrected chi connectivity index (χ1v) is 12.6. The number of nitrogens with zero attached hydrogens (tertiary/aromatic N) is 2. The molecule has 1 N–H and O–H groups in total. The van der Waals surface area contributed by atoms with Crippen LogP contribution in [0, 0.1) is 24.2 Å². The summed E-state index contributed by atoms with van der Waals surface area (Å²) in [6.07, 6.45) is -3.62. The van der Waals surface area contributed by atoms with E-state index in [0.717, 1.165) is 12.1 Å². The van der Waals surface area contributed by atoms with Gasteiger partial charge in [-0.05, 0) is 56.4 Å². The number of aromatic nitrogens is 1. The van der Waals surface area contributed by atoms with Gasteiger partial charge in [-0.2, -0.15) is 18.4 Å². The number of sulfone groups is 1. The van der Waals surface area contributed by atoms with Crippen molar-refractivity contribution in [3.63, 3.8) is 0 Å². The van der Waals surface area contributed by atoms with Crippen LogP contribution in [-0.2, 0) is 25.5 Å². The fourth-order valence-corrected chi connectivity index (χ4v) is 6.46. The van der Waals surface area contributed by atoms with Crippen LogP contribution >= 0.6 is 0 Å². The maximum atomic E-state index is 14.0. The second-order valence-corrected chi connectivity index (χ2v) is 11.3. The van der Waals surface area contributed by atoms with Crippen molar-refractivity contribution in [1.29, 1.82) is 5.26 Å². The number of amides is 1. The van der Waals surface area contributed by atoms with Gasteiger partial charge in [-0.1, -0.05) is 12.1 Å². The van der Waals surface area contributed by atoms with E-state index in [-0.39, 0.29) is 18.4 Å². The van der Waals surface area contributed by atoms with E-state index in [4.69, 9.17) is 4.74 Å². The first-order chi connectivity index (χ1) is 16.4. The number of halogens is 3. The van der Waals surface area contributed by atoms with Gasteiger partial charge in [0.2, 0.25) is 5.91 Å². The lowest BCUT2D eigenvalue weighted by molar-refractivity contribution is -0.139. The van der Waals surface area contributed by atoms with Crippen molar-refractivity contribution >= 4 is 15.7 Å². The molecule has 35 heavy (non-hydrogen) atoms. The van der Waals surface area contributed by atoms with E-state index in [0.29, 0.717) is 24.1 Å². The van der Waals surface area contributed by atoms with Gasteiger partial charge in [0.05, 0.1) is 33.8 Å². The van der Waals surface area contributed by atoms with Crippen molar-refractivity contribution < 1.29 is 31.1 Å². The molecule has 0 aliphatic heterocycles. The van der Waals surface area contributed by atoms with Gasteiger partial charge >= 0.3 is 6.18 Å². The number of nitrogens with one attached hydrogen (secondary N) is 1. The van der Waals surface area contributed by atoms with E-state index >= 15 is 0 Å². The van der Waals surface area contributed by atoms with E-state index in [1.54, 1.807) is 19.1 Å². The van der Waals surface area contributed by atoms with Crippen molar-refractivity contribution in [2.75, 3.05) is 7.11 Å². The lowest BCUT2D eigenvalue weighted by Gasteiger charge is -2.19. The smallest absolute Gasteiger partial charge is 0.381 e. The molecule has 2 fully saturated rings. The van der Waals surface area contributed by atoms with E-state index in [1.165, 1.54) is 19.4 Å². The maximum Gasteiger partial charge on any atom is 0.417 e. The monoisotopic (exact) mass is 507 g/mol. The zero-order chi connectivity index (χ0) is 25.6. The van der Waals surface area contributed by atoms with Crippen LogP contribution in [0.4, 0.5) is 13.2 Å². The molecular weight excluding hydrogens is 483 g/mol. The predicted molar refractivity (Wildman–Crippen MR) is 120 cm³/mol. The number of benzene rings is 1. The molecule has 0 saturated heterocycles. The van der Waals surface area contributed by atoms with E-state index < -0.39 is 55.2 Å². The van der Waals surface area contributed by atoms with Gasteiger partial charge in [0.1, 0.15) is 5.54 Å². The minimum Gasteiger partial charge on any atom is -0.381 e. The molecule has 11 heteroatoms. The third-order valence-corrected chi connectivity index (χ3v) is 8.93. The summed E-state index contributed by atoms with van der Waals surface area (Å²) in [4.78, 5) is 16.0. The van der Waals surface area contributed by atoms with Crippen LogP contribution in [0.25, 0.3) is 11.1 Å². The third-order valence-electron chi connectivity index (χ3n) is 6.70. The third kappa shape index (κ3) is 4.90. The molecule has 0 spiro atoms. The van der Waals surface area contributed by atoms with Gasteiger partial charge in [0.15, 0.2) is 9.84 Å². The highest BCUT2D eigenvalue weighted by molar-refractivity contribution is 7.92. The second-order valence-electron chi connectivity index (χ2n) is 9.10. The molecule has 1 heterocycles. The minimum absolute atomic E-state index is 0.128. The molecule has 0 bridgehead atoms. The number of nitriles is 1. The number of aryl methyl sites for hydroxylation is 1. The summed E-state index contributed by atoms with van der Waals surface area (Å²) >= 11 is 0. The molecule has 0 unspecified atom stereocenters. The highest BCUT2D eigenvalue weighted by atomic mass is 32.2. The van der Waals surface area contributed by atoms with Crippen molar-refractivity contribution in [2.45, 2.75) is 60.6 Å². The Morgan fingerprint density at radius 3 is 2.43 bits per heavy atom. The summed E-state index contributed by atoms with van der Waals surface area (Å²) in [5, 5.41) is 10.6. The average Bonchev–Trinajstić information content (AvgIpc) is 3.44. The molecule has 7 nitrogen and oxygen atoms in total. The standard InChI is InChI=1S/C24H24F3N3O4S/c1-14-3-4-16(12-29-14)15-5-6-21(19(9-15)24(25,26)27)35(32,33)17-10-18(20(11-17)34-2)22(31)30-23(13-28)7-8-23/h3-6,9,12,17-18,20H,7-8,10-11H2,1-2H3,(H,30,31)/t17-,18-,20-/m0/s1. The van der Waals surface area contributed by atoms with Crippen LogP contribution in [0.5, 0.6) is 0 Å². The van der Waals surface area contributed by atoms with Crippen LogP contribution < -0.4 is 5.32 Å². The van der Waals surface area contributed by atoms with Gasteiger partial charge in [-0.3, -0.25) is 9.78 Å². The van der Waals surface area contributed by atoms with Crippen LogP contribution in [0.15, 0.2) is 41.4 Å². The van der Waals surface area contributed by atoms with Crippen molar-refractivity contribution in [3.05, 3.63) is 47.8 Å². The van der Waals surface area contributed by atoms with Crippen LogP contribution in [0.1, 0.15) is 36.9 Å². The molecule has 0 radical (unpaired) electrons. The Morgan fingerprint density at radius 1 is 1.20 bits per heavy atom. The molecule has 1 aromatic heterocycles. The van der Waals surface area contributed by atoms with Crippen molar-refractivity contribution in [3.8, 4) is 17.2 Å². The molecule has 1 amide bonds.